The molecule has 0 amide bonds. The van der Waals surface area contributed by atoms with Crippen LogP contribution in [0.5, 0.6) is 0 Å². The fourth-order valence-corrected chi connectivity index (χ4v) is 3.37. The number of hydrogen-bond donors (Lipinski definition) is 0. The van der Waals surface area contributed by atoms with Gasteiger partial charge in [0.25, 0.3) is 0 Å². The van der Waals surface area contributed by atoms with Gasteiger partial charge in [0, 0.05) is 18.5 Å². The number of benzene rings is 1. The van der Waals surface area contributed by atoms with Gasteiger partial charge < -0.3 is 4.90 Å². The van der Waals surface area contributed by atoms with Crippen LogP contribution in [-0.2, 0) is 5.41 Å². The Bertz CT molecular complexity index is 497. The van der Waals surface area contributed by atoms with Gasteiger partial charge in [-0.05, 0) is 18.4 Å². The maximum atomic E-state index is 4.19. The van der Waals surface area contributed by atoms with E-state index in [1.165, 1.54) is 18.4 Å². The van der Waals surface area contributed by atoms with Crippen molar-refractivity contribution in [1.82, 2.24) is 10.2 Å². The molecule has 1 aliphatic heterocycles. The fraction of sp³-hybridized carbons (Fsp3) is 0.429. The highest BCUT2D eigenvalue weighted by Crippen LogP contribution is 2.35. The van der Waals surface area contributed by atoms with Gasteiger partial charge in [-0.1, -0.05) is 48.6 Å². The minimum absolute atomic E-state index is 0.227. The number of nitrogens with zero attached hydrogens (tertiary/aromatic N) is 3. The Balaban J connectivity index is 1.85. The third kappa shape index (κ3) is 2.12. The van der Waals surface area contributed by atoms with Gasteiger partial charge in [-0.2, -0.15) is 0 Å². The van der Waals surface area contributed by atoms with Crippen LogP contribution < -0.4 is 4.90 Å². The van der Waals surface area contributed by atoms with Crippen LogP contribution in [0.4, 0.5) is 5.13 Å². The molecule has 0 unspecified atom stereocenters. The minimum atomic E-state index is 0.227. The van der Waals surface area contributed by atoms with Gasteiger partial charge in [-0.25, -0.2) is 0 Å². The summed E-state index contributed by atoms with van der Waals surface area (Å²) in [6.45, 7) is 4.49. The van der Waals surface area contributed by atoms with Gasteiger partial charge in [0.2, 0.25) is 5.13 Å². The molecule has 3 rings (SSSR count). The minimum Gasteiger partial charge on any atom is -0.346 e. The van der Waals surface area contributed by atoms with E-state index in [1.54, 1.807) is 11.3 Å². The molecule has 2 aromatic rings. The van der Waals surface area contributed by atoms with E-state index in [9.17, 15) is 0 Å². The highest BCUT2D eigenvalue weighted by molar-refractivity contribution is 7.13. The van der Waals surface area contributed by atoms with Crippen LogP contribution >= 0.6 is 11.3 Å². The normalized spacial score (nSPS) is 24.2. The maximum absolute atomic E-state index is 4.19. The van der Waals surface area contributed by atoms with Crippen molar-refractivity contribution in [3.8, 4) is 0 Å². The van der Waals surface area contributed by atoms with E-state index in [1.807, 2.05) is 5.51 Å². The highest BCUT2D eigenvalue weighted by atomic mass is 32.1. The van der Waals surface area contributed by atoms with Crippen LogP contribution in [0.2, 0.25) is 0 Å². The van der Waals surface area contributed by atoms with Crippen LogP contribution in [-0.4, -0.2) is 23.3 Å². The summed E-state index contributed by atoms with van der Waals surface area (Å²) in [5.41, 5.74) is 3.47. The molecule has 1 fully saturated rings. The Morgan fingerprint density at radius 3 is 2.83 bits per heavy atom. The van der Waals surface area contributed by atoms with Gasteiger partial charge in [0.1, 0.15) is 5.51 Å². The summed E-state index contributed by atoms with van der Waals surface area (Å²) in [6, 6.07) is 10.8. The van der Waals surface area contributed by atoms with E-state index in [0.29, 0.717) is 0 Å². The molecule has 94 valence electrons. The first kappa shape index (κ1) is 11.7. The standard InChI is InChI=1S/C14H17N3S/c1-14(12-6-3-2-4-7-12)8-5-9-17(10-14)13-16-15-11-18-13/h2-4,6-7,11H,5,8-10H2,1H3/t14-/m1/s1. The van der Waals surface area contributed by atoms with E-state index >= 15 is 0 Å². The number of rotatable bonds is 2. The summed E-state index contributed by atoms with van der Waals surface area (Å²) in [6.07, 6.45) is 2.46. The molecule has 1 aliphatic rings. The number of aromatic nitrogens is 2. The third-order valence-corrected chi connectivity index (χ3v) is 4.54. The van der Waals surface area contributed by atoms with E-state index in [0.717, 1.165) is 18.2 Å². The van der Waals surface area contributed by atoms with Crippen molar-refractivity contribution in [2.24, 2.45) is 0 Å². The summed E-state index contributed by atoms with van der Waals surface area (Å²) in [5.74, 6) is 0. The second-order valence-electron chi connectivity index (χ2n) is 5.17. The van der Waals surface area contributed by atoms with Crippen LogP contribution in [0, 0.1) is 0 Å². The van der Waals surface area contributed by atoms with Crippen molar-refractivity contribution in [2.45, 2.75) is 25.2 Å². The van der Waals surface area contributed by atoms with Crippen molar-refractivity contribution < 1.29 is 0 Å². The van der Waals surface area contributed by atoms with Crippen LogP contribution in [0.15, 0.2) is 35.8 Å². The Morgan fingerprint density at radius 2 is 2.11 bits per heavy atom. The van der Waals surface area contributed by atoms with Crippen molar-refractivity contribution >= 4 is 16.5 Å². The maximum Gasteiger partial charge on any atom is 0.208 e. The molecule has 2 heterocycles. The molecule has 0 aliphatic carbocycles. The molecule has 1 aromatic carbocycles. The molecule has 0 N–H and O–H groups in total. The molecule has 0 bridgehead atoms. The molecule has 0 spiro atoms. The van der Waals surface area contributed by atoms with Gasteiger partial charge in [0.05, 0.1) is 0 Å². The summed E-state index contributed by atoms with van der Waals surface area (Å²) in [4.78, 5) is 2.37. The lowest BCUT2D eigenvalue weighted by Gasteiger charge is -2.40. The van der Waals surface area contributed by atoms with Crippen molar-refractivity contribution in [2.75, 3.05) is 18.0 Å². The average molecular weight is 259 g/mol. The molecular formula is C14H17N3S. The number of anilines is 1. The molecule has 4 heteroatoms. The molecular weight excluding hydrogens is 242 g/mol. The third-order valence-electron chi connectivity index (χ3n) is 3.79. The average Bonchev–Trinajstić information content (AvgIpc) is 2.94. The Labute approximate surface area is 111 Å². The Kier molecular flexibility index (Phi) is 3.04. The second kappa shape index (κ2) is 4.69. The van der Waals surface area contributed by atoms with Gasteiger partial charge in [-0.3, -0.25) is 0 Å². The molecule has 1 aromatic heterocycles. The van der Waals surface area contributed by atoms with Crippen molar-refractivity contribution in [3.05, 3.63) is 41.4 Å². The smallest absolute Gasteiger partial charge is 0.208 e. The fourth-order valence-electron chi connectivity index (χ4n) is 2.78. The zero-order valence-electron chi connectivity index (χ0n) is 10.5. The number of piperidine rings is 1. The second-order valence-corrected chi connectivity index (χ2v) is 5.98. The first-order valence-electron chi connectivity index (χ1n) is 6.35. The lowest BCUT2D eigenvalue weighted by atomic mass is 9.76. The predicted octanol–water partition coefficient (Wildman–Crippen LogP) is 3.10. The monoisotopic (exact) mass is 259 g/mol. The van der Waals surface area contributed by atoms with Crippen molar-refractivity contribution in [3.63, 3.8) is 0 Å². The van der Waals surface area contributed by atoms with Crippen LogP contribution in [0.3, 0.4) is 0 Å². The zero-order valence-corrected chi connectivity index (χ0v) is 11.4. The first-order valence-corrected chi connectivity index (χ1v) is 7.23. The Morgan fingerprint density at radius 1 is 1.28 bits per heavy atom. The van der Waals surface area contributed by atoms with E-state index in [-0.39, 0.29) is 5.41 Å². The van der Waals surface area contributed by atoms with E-state index < -0.39 is 0 Å². The quantitative estimate of drug-likeness (QED) is 0.830. The van der Waals surface area contributed by atoms with Gasteiger partial charge in [0.15, 0.2) is 0 Å². The highest BCUT2D eigenvalue weighted by Gasteiger charge is 2.33. The summed E-state index contributed by atoms with van der Waals surface area (Å²) in [7, 11) is 0. The van der Waals surface area contributed by atoms with Crippen LogP contribution in [0.1, 0.15) is 25.3 Å². The largest absolute Gasteiger partial charge is 0.346 e. The molecule has 0 saturated carbocycles. The lowest BCUT2D eigenvalue weighted by molar-refractivity contribution is 0.373. The first-order chi connectivity index (χ1) is 8.78. The summed E-state index contributed by atoms with van der Waals surface area (Å²) >= 11 is 1.63. The molecule has 1 atom stereocenters. The Hall–Kier alpha value is -1.42. The topological polar surface area (TPSA) is 29.0 Å². The number of hydrogen-bond acceptors (Lipinski definition) is 4. The molecule has 0 radical (unpaired) electrons. The van der Waals surface area contributed by atoms with Gasteiger partial charge >= 0.3 is 0 Å². The summed E-state index contributed by atoms with van der Waals surface area (Å²) in [5, 5.41) is 9.19. The zero-order chi connectivity index (χ0) is 12.4. The van der Waals surface area contributed by atoms with Gasteiger partial charge in [-0.15, -0.1) is 10.2 Å². The van der Waals surface area contributed by atoms with Crippen LogP contribution in [0.25, 0.3) is 0 Å². The predicted molar refractivity (Wildman–Crippen MR) is 75.2 cm³/mol. The molecule has 3 nitrogen and oxygen atoms in total. The molecule has 18 heavy (non-hydrogen) atoms. The van der Waals surface area contributed by atoms with E-state index in [4.69, 9.17) is 0 Å². The summed E-state index contributed by atoms with van der Waals surface area (Å²) < 4.78 is 0. The van der Waals surface area contributed by atoms with E-state index in [2.05, 4.69) is 52.4 Å². The van der Waals surface area contributed by atoms with Crippen molar-refractivity contribution in [1.29, 1.82) is 0 Å². The SMILES string of the molecule is C[C@@]1(c2ccccc2)CCCN(c2nncs2)C1. The molecule has 1 saturated heterocycles. The lowest BCUT2D eigenvalue weighted by Crippen LogP contribution is -2.44.